The standard InChI is InChI=1S/C17H29N3S/c1-4-8-18-11-14-6-7-16-15(10-14)13(3)19-17(20-16)12-21-9-5-2/h14,18H,4-12H2,1-3H3. The van der Waals surface area contributed by atoms with Gasteiger partial charge in [0.05, 0.1) is 5.75 Å². The second kappa shape index (κ2) is 8.74. The summed E-state index contributed by atoms with van der Waals surface area (Å²) in [4.78, 5) is 9.56. The molecule has 0 bridgehead atoms. The van der Waals surface area contributed by atoms with E-state index in [9.17, 15) is 0 Å². The molecule has 118 valence electrons. The van der Waals surface area contributed by atoms with E-state index in [0.29, 0.717) is 0 Å². The van der Waals surface area contributed by atoms with E-state index in [4.69, 9.17) is 9.97 Å². The summed E-state index contributed by atoms with van der Waals surface area (Å²) in [6.07, 6.45) is 5.98. The number of aromatic nitrogens is 2. The molecular formula is C17H29N3S. The zero-order valence-electron chi connectivity index (χ0n) is 13.7. The Morgan fingerprint density at radius 2 is 2.10 bits per heavy atom. The van der Waals surface area contributed by atoms with Crippen LogP contribution in [0.4, 0.5) is 0 Å². The molecule has 21 heavy (non-hydrogen) atoms. The molecule has 3 nitrogen and oxygen atoms in total. The van der Waals surface area contributed by atoms with E-state index in [1.165, 1.54) is 42.0 Å². The Kier molecular flexibility index (Phi) is 6.97. The average Bonchev–Trinajstić information content (AvgIpc) is 2.48. The largest absolute Gasteiger partial charge is 0.316 e. The second-order valence-corrected chi connectivity index (χ2v) is 7.12. The summed E-state index contributed by atoms with van der Waals surface area (Å²) >= 11 is 1.94. The molecule has 0 aliphatic heterocycles. The van der Waals surface area contributed by atoms with Crippen LogP contribution in [0.25, 0.3) is 0 Å². The number of aryl methyl sites for hydroxylation is 2. The number of thioether (sulfide) groups is 1. The number of nitrogens with zero attached hydrogens (tertiary/aromatic N) is 2. The lowest BCUT2D eigenvalue weighted by Crippen LogP contribution is -2.29. The predicted octanol–water partition coefficient (Wildman–Crippen LogP) is 3.53. The minimum Gasteiger partial charge on any atom is -0.316 e. The van der Waals surface area contributed by atoms with Crippen LogP contribution in [0.3, 0.4) is 0 Å². The van der Waals surface area contributed by atoms with E-state index in [1.54, 1.807) is 0 Å². The molecule has 1 aromatic heterocycles. The van der Waals surface area contributed by atoms with Gasteiger partial charge in [0, 0.05) is 11.4 Å². The van der Waals surface area contributed by atoms with Gasteiger partial charge in [-0.05, 0) is 69.4 Å². The van der Waals surface area contributed by atoms with E-state index >= 15 is 0 Å². The Hall–Kier alpha value is -0.610. The topological polar surface area (TPSA) is 37.8 Å². The fourth-order valence-corrected chi connectivity index (χ4v) is 3.70. The van der Waals surface area contributed by atoms with Crippen molar-refractivity contribution in [3.63, 3.8) is 0 Å². The van der Waals surface area contributed by atoms with Crippen LogP contribution in [0, 0.1) is 12.8 Å². The molecule has 0 radical (unpaired) electrons. The summed E-state index contributed by atoms with van der Waals surface area (Å²) in [5.41, 5.74) is 3.96. The van der Waals surface area contributed by atoms with Crippen molar-refractivity contribution in [3.8, 4) is 0 Å². The SMILES string of the molecule is CCCNCC1CCc2nc(CSCCC)nc(C)c2C1. The van der Waals surface area contributed by atoms with Gasteiger partial charge in [-0.25, -0.2) is 9.97 Å². The summed E-state index contributed by atoms with van der Waals surface area (Å²) in [7, 11) is 0. The first kappa shape index (κ1) is 16.8. The van der Waals surface area contributed by atoms with Gasteiger partial charge in [-0.1, -0.05) is 13.8 Å². The maximum atomic E-state index is 4.82. The summed E-state index contributed by atoms with van der Waals surface area (Å²) in [6, 6.07) is 0. The van der Waals surface area contributed by atoms with Crippen LogP contribution in [0.15, 0.2) is 0 Å². The van der Waals surface area contributed by atoms with Crippen LogP contribution < -0.4 is 5.32 Å². The third-order valence-corrected chi connectivity index (χ3v) is 5.23. The van der Waals surface area contributed by atoms with Gasteiger partial charge in [-0.2, -0.15) is 11.8 Å². The van der Waals surface area contributed by atoms with Gasteiger partial charge in [0.25, 0.3) is 0 Å². The Bertz CT molecular complexity index is 448. The number of rotatable bonds is 8. The van der Waals surface area contributed by atoms with E-state index in [1.807, 2.05) is 11.8 Å². The van der Waals surface area contributed by atoms with Gasteiger partial charge >= 0.3 is 0 Å². The molecule has 1 aliphatic rings. The molecule has 0 fully saturated rings. The van der Waals surface area contributed by atoms with Gasteiger partial charge in [0.1, 0.15) is 5.82 Å². The van der Waals surface area contributed by atoms with Gasteiger partial charge in [-0.3, -0.25) is 0 Å². The zero-order chi connectivity index (χ0) is 15.1. The molecule has 0 aromatic carbocycles. The fraction of sp³-hybridized carbons (Fsp3) is 0.765. The van der Waals surface area contributed by atoms with E-state index in [2.05, 4.69) is 26.1 Å². The molecule has 0 amide bonds. The Labute approximate surface area is 133 Å². The normalized spacial score (nSPS) is 17.8. The monoisotopic (exact) mass is 307 g/mol. The smallest absolute Gasteiger partial charge is 0.138 e. The van der Waals surface area contributed by atoms with E-state index in [0.717, 1.165) is 43.4 Å². The maximum absolute atomic E-state index is 4.82. The molecule has 1 heterocycles. The van der Waals surface area contributed by atoms with Crippen molar-refractivity contribution >= 4 is 11.8 Å². The van der Waals surface area contributed by atoms with Crippen molar-refractivity contribution in [2.75, 3.05) is 18.8 Å². The molecular weight excluding hydrogens is 278 g/mol. The van der Waals surface area contributed by atoms with Crippen LogP contribution in [-0.4, -0.2) is 28.8 Å². The lowest BCUT2D eigenvalue weighted by molar-refractivity contribution is 0.418. The molecule has 0 saturated heterocycles. The van der Waals surface area contributed by atoms with E-state index < -0.39 is 0 Å². The zero-order valence-corrected chi connectivity index (χ0v) is 14.6. The molecule has 2 rings (SSSR count). The van der Waals surface area contributed by atoms with Crippen LogP contribution in [0.2, 0.25) is 0 Å². The minimum absolute atomic E-state index is 0.756. The molecule has 0 spiro atoms. The maximum Gasteiger partial charge on any atom is 0.138 e. The number of nitrogens with one attached hydrogen (secondary N) is 1. The van der Waals surface area contributed by atoms with Crippen molar-refractivity contribution in [2.45, 2.75) is 58.6 Å². The molecule has 0 saturated carbocycles. The average molecular weight is 308 g/mol. The summed E-state index contributed by atoms with van der Waals surface area (Å²) < 4.78 is 0. The highest BCUT2D eigenvalue weighted by Gasteiger charge is 2.22. The van der Waals surface area contributed by atoms with Crippen LogP contribution >= 0.6 is 11.8 Å². The van der Waals surface area contributed by atoms with Crippen LogP contribution in [0.1, 0.15) is 55.9 Å². The molecule has 1 aliphatic carbocycles. The summed E-state index contributed by atoms with van der Waals surface area (Å²) in [5.74, 6) is 3.95. The van der Waals surface area contributed by atoms with Crippen LogP contribution in [0.5, 0.6) is 0 Å². The highest BCUT2D eigenvalue weighted by Crippen LogP contribution is 2.26. The quantitative estimate of drug-likeness (QED) is 0.746. The van der Waals surface area contributed by atoms with Gasteiger partial charge in [0.2, 0.25) is 0 Å². The van der Waals surface area contributed by atoms with Crippen molar-refractivity contribution < 1.29 is 0 Å². The summed E-state index contributed by atoms with van der Waals surface area (Å²) in [5, 5.41) is 3.56. The Balaban J connectivity index is 1.97. The van der Waals surface area contributed by atoms with Crippen molar-refractivity contribution in [2.24, 2.45) is 5.92 Å². The van der Waals surface area contributed by atoms with Crippen LogP contribution in [-0.2, 0) is 18.6 Å². The number of hydrogen-bond acceptors (Lipinski definition) is 4. The van der Waals surface area contributed by atoms with Crippen molar-refractivity contribution in [1.82, 2.24) is 15.3 Å². The Morgan fingerprint density at radius 1 is 1.24 bits per heavy atom. The first-order valence-electron chi connectivity index (χ1n) is 8.38. The molecule has 4 heteroatoms. The van der Waals surface area contributed by atoms with Gasteiger partial charge < -0.3 is 5.32 Å². The molecule has 1 N–H and O–H groups in total. The first-order chi connectivity index (χ1) is 10.2. The van der Waals surface area contributed by atoms with Gasteiger partial charge in [-0.15, -0.1) is 0 Å². The van der Waals surface area contributed by atoms with Gasteiger partial charge in [0.15, 0.2) is 0 Å². The molecule has 1 atom stereocenters. The first-order valence-corrected chi connectivity index (χ1v) is 9.53. The third-order valence-electron chi connectivity index (χ3n) is 4.07. The minimum atomic E-state index is 0.756. The second-order valence-electron chi connectivity index (χ2n) is 6.02. The fourth-order valence-electron chi connectivity index (χ4n) is 2.95. The highest BCUT2D eigenvalue weighted by atomic mass is 32.2. The predicted molar refractivity (Wildman–Crippen MR) is 91.9 cm³/mol. The highest BCUT2D eigenvalue weighted by molar-refractivity contribution is 7.98. The lowest BCUT2D eigenvalue weighted by Gasteiger charge is -2.25. The number of hydrogen-bond donors (Lipinski definition) is 1. The third kappa shape index (κ3) is 4.96. The molecule has 1 aromatic rings. The lowest BCUT2D eigenvalue weighted by atomic mass is 9.85. The summed E-state index contributed by atoms with van der Waals surface area (Å²) in [6.45, 7) is 8.88. The Morgan fingerprint density at radius 3 is 2.86 bits per heavy atom. The van der Waals surface area contributed by atoms with E-state index in [-0.39, 0.29) is 0 Å². The van der Waals surface area contributed by atoms with Crippen molar-refractivity contribution in [1.29, 1.82) is 0 Å². The molecule has 1 unspecified atom stereocenters. The number of fused-ring (bicyclic) bond motifs is 1. The van der Waals surface area contributed by atoms with Crippen molar-refractivity contribution in [3.05, 3.63) is 22.8 Å².